The molecule has 2 aromatic carbocycles. The predicted molar refractivity (Wildman–Crippen MR) is 106 cm³/mol. The third-order valence-corrected chi connectivity index (χ3v) is 5.19. The van der Waals surface area contributed by atoms with Crippen molar-refractivity contribution in [1.82, 2.24) is 14.9 Å². The van der Waals surface area contributed by atoms with Gasteiger partial charge < -0.3 is 4.90 Å². The largest absolute Gasteiger partial charge is 0.338 e. The summed E-state index contributed by atoms with van der Waals surface area (Å²) in [6.45, 7) is 3.31. The molecule has 142 valence electrons. The summed E-state index contributed by atoms with van der Waals surface area (Å²) in [5.74, 6) is 0.333. The number of amides is 1. The summed E-state index contributed by atoms with van der Waals surface area (Å²) in [5, 5.41) is 0. The molecule has 0 spiro atoms. The van der Waals surface area contributed by atoms with Crippen LogP contribution in [0.1, 0.15) is 40.4 Å². The molecular weight excluding hydrogens is 353 g/mol. The van der Waals surface area contributed by atoms with Crippen LogP contribution in [0.2, 0.25) is 0 Å². The summed E-state index contributed by atoms with van der Waals surface area (Å²) < 4.78 is 13.5. The van der Waals surface area contributed by atoms with E-state index < -0.39 is 5.82 Å². The third kappa shape index (κ3) is 3.93. The Kier molecular flexibility index (Phi) is 5.15. The Labute approximate surface area is 164 Å². The van der Waals surface area contributed by atoms with Crippen molar-refractivity contribution in [1.29, 1.82) is 0 Å². The van der Waals surface area contributed by atoms with Gasteiger partial charge in [0.15, 0.2) is 5.82 Å². The molecule has 4 rings (SSSR count). The molecule has 1 saturated heterocycles. The van der Waals surface area contributed by atoms with Crippen molar-refractivity contribution in [2.24, 2.45) is 0 Å². The van der Waals surface area contributed by atoms with Gasteiger partial charge in [-0.1, -0.05) is 35.9 Å². The van der Waals surface area contributed by atoms with Gasteiger partial charge in [0.05, 0.1) is 0 Å². The standard InChI is InChI=1S/C23H22FN3O/c1-16-7-9-17(10-8-16)22-25-12-11-21(26-22)19-5-3-13-27(15-19)23(28)18-4-2-6-20(24)14-18/h2,4,6-12,14,19H,3,5,13,15H2,1H3/t19-/m0/s1. The van der Waals surface area contributed by atoms with E-state index >= 15 is 0 Å². The van der Waals surface area contributed by atoms with Crippen molar-refractivity contribution in [2.75, 3.05) is 13.1 Å². The molecule has 0 radical (unpaired) electrons. The molecule has 0 unspecified atom stereocenters. The number of carbonyl (C=O) groups is 1. The maximum atomic E-state index is 13.5. The molecule has 4 nitrogen and oxygen atoms in total. The lowest BCUT2D eigenvalue weighted by Crippen LogP contribution is -2.39. The number of nitrogens with zero attached hydrogens (tertiary/aromatic N) is 3. The van der Waals surface area contributed by atoms with Gasteiger partial charge in [0.25, 0.3) is 5.91 Å². The van der Waals surface area contributed by atoms with Gasteiger partial charge in [0, 0.05) is 42.0 Å². The van der Waals surface area contributed by atoms with Crippen LogP contribution in [0, 0.1) is 12.7 Å². The zero-order valence-corrected chi connectivity index (χ0v) is 15.8. The highest BCUT2D eigenvalue weighted by atomic mass is 19.1. The van der Waals surface area contributed by atoms with Gasteiger partial charge in [-0.15, -0.1) is 0 Å². The molecule has 2 heterocycles. The van der Waals surface area contributed by atoms with E-state index in [1.54, 1.807) is 23.2 Å². The molecule has 1 amide bonds. The molecule has 0 N–H and O–H groups in total. The Morgan fingerprint density at radius 2 is 1.96 bits per heavy atom. The van der Waals surface area contributed by atoms with Gasteiger partial charge in [-0.3, -0.25) is 4.79 Å². The summed E-state index contributed by atoms with van der Waals surface area (Å²) in [6, 6.07) is 16.0. The number of aryl methyl sites for hydroxylation is 1. The van der Waals surface area contributed by atoms with Crippen molar-refractivity contribution >= 4 is 5.91 Å². The Bertz CT molecular complexity index is 987. The molecule has 5 heteroatoms. The molecule has 1 atom stereocenters. The number of piperidine rings is 1. The molecule has 1 aromatic heterocycles. The average Bonchev–Trinajstić information content (AvgIpc) is 2.74. The molecule has 28 heavy (non-hydrogen) atoms. The quantitative estimate of drug-likeness (QED) is 0.671. The number of carbonyl (C=O) groups excluding carboxylic acids is 1. The lowest BCUT2D eigenvalue weighted by molar-refractivity contribution is 0.0705. The van der Waals surface area contributed by atoms with Crippen LogP contribution in [0.4, 0.5) is 4.39 Å². The summed E-state index contributed by atoms with van der Waals surface area (Å²) >= 11 is 0. The van der Waals surface area contributed by atoms with Crippen LogP contribution in [0.5, 0.6) is 0 Å². The van der Waals surface area contributed by atoms with Crippen molar-refractivity contribution in [3.63, 3.8) is 0 Å². The molecule has 1 aliphatic rings. The molecule has 0 saturated carbocycles. The van der Waals surface area contributed by atoms with Gasteiger partial charge in [-0.25, -0.2) is 14.4 Å². The maximum absolute atomic E-state index is 13.5. The Balaban J connectivity index is 1.54. The number of aromatic nitrogens is 2. The number of hydrogen-bond donors (Lipinski definition) is 0. The summed E-state index contributed by atoms with van der Waals surface area (Å²) in [6.07, 6.45) is 3.65. The minimum Gasteiger partial charge on any atom is -0.338 e. The van der Waals surface area contributed by atoms with Crippen molar-refractivity contribution in [3.8, 4) is 11.4 Å². The minimum absolute atomic E-state index is 0.128. The monoisotopic (exact) mass is 375 g/mol. The van der Waals surface area contributed by atoms with E-state index in [1.807, 2.05) is 37.3 Å². The highest BCUT2D eigenvalue weighted by molar-refractivity contribution is 5.94. The SMILES string of the molecule is Cc1ccc(-c2nccc([C@H]3CCCN(C(=O)c4cccc(F)c4)C3)n2)cc1. The first-order valence-electron chi connectivity index (χ1n) is 9.55. The Morgan fingerprint density at radius 1 is 1.14 bits per heavy atom. The fraction of sp³-hybridized carbons (Fsp3) is 0.261. The Morgan fingerprint density at radius 3 is 2.75 bits per heavy atom. The molecule has 0 aliphatic carbocycles. The lowest BCUT2D eigenvalue weighted by Gasteiger charge is -2.32. The molecule has 0 bridgehead atoms. The lowest BCUT2D eigenvalue weighted by atomic mass is 9.94. The Hall–Kier alpha value is -3.08. The second-order valence-electron chi connectivity index (χ2n) is 7.27. The molecular formula is C23H22FN3O. The normalized spacial score (nSPS) is 16.8. The number of hydrogen-bond acceptors (Lipinski definition) is 3. The molecule has 1 aliphatic heterocycles. The number of benzene rings is 2. The summed E-state index contributed by atoms with van der Waals surface area (Å²) in [4.78, 5) is 23.8. The van der Waals surface area contributed by atoms with E-state index in [2.05, 4.69) is 4.98 Å². The zero-order valence-electron chi connectivity index (χ0n) is 15.8. The van der Waals surface area contributed by atoms with Gasteiger partial charge in [0.1, 0.15) is 5.82 Å². The van der Waals surface area contributed by atoms with Crippen LogP contribution < -0.4 is 0 Å². The fourth-order valence-corrected chi connectivity index (χ4v) is 3.65. The number of halogens is 1. The highest BCUT2D eigenvalue weighted by Crippen LogP contribution is 2.28. The van der Waals surface area contributed by atoms with Gasteiger partial charge in [-0.05, 0) is 44.0 Å². The summed E-state index contributed by atoms with van der Waals surface area (Å²) in [7, 11) is 0. The second-order valence-corrected chi connectivity index (χ2v) is 7.27. The van der Waals surface area contributed by atoms with Crippen LogP contribution in [-0.2, 0) is 0 Å². The average molecular weight is 375 g/mol. The van der Waals surface area contributed by atoms with Gasteiger partial charge >= 0.3 is 0 Å². The molecule has 3 aromatic rings. The van der Waals surface area contributed by atoms with E-state index in [1.165, 1.54) is 17.7 Å². The number of rotatable bonds is 3. The first-order chi connectivity index (χ1) is 13.6. The van der Waals surface area contributed by atoms with Crippen LogP contribution in [0.3, 0.4) is 0 Å². The maximum Gasteiger partial charge on any atom is 0.253 e. The van der Waals surface area contributed by atoms with Crippen LogP contribution >= 0.6 is 0 Å². The third-order valence-electron chi connectivity index (χ3n) is 5.19. The van der Waals surface area contributed by atoms with Gasteiger partial charge in [-0.2, -0.15) is 0 Å². The topological polar surface area (TPSA) is 46.1 Å². The van der Waals surface area contributed by atoms with Crippen molar-refractivity contribution in [3.05, 3.63) is 83.4 Å². The molecule has 1 fully saturated rings. The van der Waals surface area contributed by atoms with E-state index in [0.717, 1.165) is 24.1 Å². The van der Waals surface area contributed by atoms with E-state index in [9.17, 15) is 9.18 Å². The first kappa shape index (κ1) is 18.3. The first-order valence-corrected chi connectivity index (χ1v) is 9.55. The van der Waals surface area contributed by atoms with E-state index in [0.29, 0.717) is 24.5 Å². The smallest absolute Gasteiger partial charge is 0.253 e. The number of likely N-dealkylation sites (tertiary alicyclic amines) is 1. The van der Waals surface area contributed by atoms with E-state index in [-0.39, 0.29) is 11.8 Å². The van der Waals surface area contributed by atoms with E-state index in [4.69, 9.17) is 4.98 Å². The van der Waals surface area contributed by atoms with Crippen LogP contribution in [0.15, 0.2) is 60.8 Å². The fourth-order valence-electron chi connectivity index (χ4n) is 3.65. The second kappa shape index (κ2) is 7.89. The van der Waals surface area contributed by atoms with Crippen molar-refractivity contribution in [2.45, 2.75) is 25.7 Å². The zero-order chi connectivity index (χ0) is 19.5. The minimum atomic E-state index is -0.391. The highest BCUT2D eigenvalue weighted by Gasteiger charge is 2.26. The summed E-state index contributed by atoms with van der Waals surface area (Å²) in [5.41, 5.74) is 3.51. The van der Waals surface area contributed by atoms with Gasteiger partial charge in [0.2, 0.25) is 0 Å². The van der Waals surface area contributed by atoms with Crippen LogP contribution in [-0.4, -0.2) is 33.9 Å². The van der Waals surface area contributed by atoms with Crippen molar-refractivity contribution < 1.29 is 9.18 Å². The predicted octanol–water partition coefficient (Wildman–Crippen LogP) is 4.61. The van der Waals surface area contributed by atoms with Crippen LogP contribution in [0.25, 0.3) is 11.4 Å².